The number of benzene rings is 3. The highest BCUT2D eigenvalue weighted by Crippen LogP contribution is 2.16. The molecule has 2 unspecified atom stereocenters. The Morgan fingerprint density at radius 2 is 1.35 bits per heavy atom. The van der Waals surface area contributed by atoms with E-state index in [-0.39, 0.29) is 25.5 Å². The summed E-state index contributed by atoms with van der Waals surface area (Å²) in [7, 11) is 0. The number of ether oxygens (including phenoxy) is 1. The van der Waals surface area contributed by atoms with Crippen LogP contribution < -0.4 is 0 Å². The van der Waals surface area contributed by atoms with Gasteiger partial charge in [-0.25, -0.2) is 4.79 Å². The minimum atomic E-state index is -1.03. The lowest BCUT2D eigenvalue weighted by atomic mass is 9.94. The van der Waals surface area contributed by atoms with E-state index in [9.17, 15) is 14.7 Å². The third-order valence-electron chi connectivity index (χ3n) is 5.14. The van der Waals surface area contributed by atoms with Crippen LogP contribution in [0.4, 0.5) is 4.79 Å². The summed E-state index contributed by atoms with van der Waals surface area (Å²) in [5, 5.41) is 10.8. The fraction of sp³-hybridized carbons (Fsp3) is 0.231. The molecule has 0 radical (unpaired) electrons. The molecule has 0 saturated carbocycles. The Balaban J connectivity index is 1.69. The van der Waals surface area contributed by atoms with Crippen molar-refractivity contribution < 1.29 is 19.4 Å². The van der Waals surface area contributed by atoms with Crippen molar-refractivity contribution in [1.82, 2.24) is 4.90 Å². The number of hydrogen-bond acceptors (Lipinski definition) is 4. The van der Waals surface area contributed by atoms with E-state index in [1.54, 1.807) is 31.2 Å². The van der Waals surface area contributed by atoms with Crippen LogP contribution in [0.1, 0.15) is 28.4 Å². The van der Waals surface area contributed by atoms with Crippen LogP contribution in [0.2, 0.25) is 0 Å². The molecule has 3 aromatic rings. The Morgan fingerprint density at radius 3 is 1.94 bits per heavy atom. The highest BCUT2D eigenvalue weighted by Gasteiger charge is 2.27. The third kappa shape index (κ3) is 6.52. The van der Waals surface area contributed by atoms with Gasteiger partial charge in [0.15, 0.2) is 5.78 Å². The normalized spacial score (nSPS) is 12.6. The zero-order valence-electron chi connectivity index (χ0n) is 17.6. The Labute approximate surface area is 182 Å². The summed E-state index contributed by atoms with van der Waals surface area (Å²) in [4.78, 5) is 27.0. The van der Waals surface area contributed by atoms with Gasteiger partial charge < -0.3 is 14.7 Å². The number of amides is 1. The van der Waals surface area contributed by atoms with Crippen molar-refractivity contribution in [3.63, 3.8) is 0 Å². The van der Waals surface area contributed by atoms with Crippen molar-refractivity contribution in [3.05, 3.63) is 108 Å². The molecule has 0 spiro atoms. The first-order valence-electron chi connectivity index (χ1n) is 10.3. The quantitative estimate of drug-likeness (QED) is 0.512. The highest BCUT2D eigenvalue weighted by molar-refractivity contribution is 5.98. The third-order valence-corrected chi connectivity index (χ3v) is 5.14. The maximum atomic E-state index is 12.8. The molecule has 0 aliphatic rings. The predicted molar refractivity (Wildman–Crippen MR) is 119 cm³/mol. The number of carbonyl (C=O) groups is 2. The molecule has 1 amide bonds. The van der Waals surface area contributed by atoms with E-state index in [1.807, 2.05) is 66.7 Å². The molecule has 0 saturated heterocycles. The first-order chi connectivity index (χ1) is 15.0. The maximum absolute atomic E-state index is 12.8. The molecule has 0 heterocycles. The fourth-order valence-corrected chi connectivity index (χ4v) is 3.24. The molecule has 1 N–H and O–H groups in total. The topological polar surface area (TPSA) is 66.8 Å². The molecule has 5 nitrogen and oxygen atoms in total. The van der Waals surface area contributed by atoms with Gasteiger partial charge in [0.2, 0.25) is 0 Å². The lowest BCUT2D eigenvalue weighted by Gasteiger charge is -2.27. The summed E-state index contributed by atoms with van der Waals surface area (Å²) >= 11 is 0. The molecule has 3 aromatic carbocycles. The van der Waals surface area contributed by atoms with Crippen molar-refractivity contribution in [3.8, 4) is 0 Å². The minimum Gasteiger partial charge on any atom is -0.445 e. The van der Waals surface area contributed by atoms with Crippen molar-refractivity contribution >= 4 is 11.9 Å². The molecule has 0 aromatic heterocycles. The van der Waals surface area contributed by atoms with Gasteiger partial charge in [-0.05, 0) is 11.1 Å². The van der Waals surface area contributed by atoms with Crippen LogP contribution in [0.3, 0.4) is 0 Å². The number of aliphatic hydroxyl groups is 1. The Morgan fingerprint density at radius 1 is 0.839 bits per heavy atom. The first-order valence-corrected chi connectivity index (χ1v) is 10.3. The van der Waals surface area contributed by atoms with Gasteiger partial charge in [0, 0.05) is 18.0 Å². The lowest BCUT2D eigenvalue weighted by Crippen LogP contribution is -2.41. The fourth-order valence-electron chi connectivity index (χ4n) is 3.24. The van der Waals surface area contributed by atoms with Gasteiger partial charge in [0.05, 0.1) is 12.6 Å². The molecular formula is C26H27NO4. The lowest BCUT2D eigenvalue weighted by molar-refractivity contribution is 0.0426. The Kier molecular flexibility index (Phi) is 7.96. The summed E-state index contributed by atoms with van der Waals surface area (Å²) < 4.78 is 5.48. The smallest absolute Gasteiger partial charge is 0.410 e. The molecule has 5 heteroatoms. The monoisotopic (exact) mass is 417 g/mol. The van der Waals surface area contributed by atoms with Crippen molar-refractivity contribution in [2.24, 2.45) is 5.92 Å². The number of rotatable bonds is 9. The molecule has 0 aliphatic carbocycles. The van der Waals surface area contributed by atoms with E-state index >= 15 is 0 Å². The first kappa shape index (κ1) is 22.2. The van der Waals surface area contributed by atoms with Gasteiger partial charge in [-0.2, -0.15) is 0 Å². The minimum absolute atomic E-state index is 0.0116. The van der Waals surface area contributed by atoms with Crippen LogP contribution in [0.25, 0.3) is 0 Å². The van der Waals surface area contributed by atoms with E-state index in [2.05, 4.69) is 0 Å². The molecule has 3 rings (SSSR count). The number of nitrogens with zero attached hydrogens (tertiary/aromatic N) is 1. The molecule has 0 fully saturated rings. The van der Waals surface area contributed by atoms with Crippen LogP contribution in [-0.4, -0.2) is 34.5 Å². The summed E-state index contributed by atoms with van der Waals surface area (Å²) in [6, 6.07) is 27.8. The van der Waals surface area contributed by atoms with E-state index in [4.69, 9.17) is 4.74 Å². The van der Waals surface area contributed by atoms with E-state index in [0.29, 0.717) is 5.56 Å². The zero-order chi connectivity index (χ0) is 22.1. The van der Waals surface area contributed by atoms with Crippen LogP contribution in [0.5, 0.6) is 0 Å². The number of ketones is 1. The average Bonchev–Trinajstić information content (AvgIpc) is 2.83. The Hall–Kier alpha value is -3.44. The summed E-state index contributed by atoms with van der Waals surface area (Å²) in [6.07, 6.45) is -1.56. The van der Waals surface area contributed by atoms with E-state index in [0.717, 1.165) is 11.1 Å². The van der Waals surface area contributed by atoms with Crippen molar-refractivity contribution in [2.75, 3.05) is 6.54 Å². The Bertz CT molecular complexity index is 960. The van der Waals surface area contributed by atoms with E-state index < -0.39 is 18.1 Å². The predicted octanol–water partition coefficient (Wildman–Crippen LogP) is 4.71. The molecule has 2 atom stereocenters. The highest BCUT2D eigenvalue weighted by atomic mass is 16.6. The second-order valence-corrected chi connectivity index (χ2v) is 7.49. The van der Waals surface area contributed by atoms with Crippen LogP contribution in [0, 0.1) is 5.92 Å². The van der Waals surface area contributed by atoms with Gasteiger partial charge in [-0.1, -0.05) is 97.9 Å². The summed E-state index contributed by atoms with van der Waals surface area (Å²) in [5.41, 5.74) is 2.33. The number of Topliss-reactive ketones (excluding diaryl/α,β-unsaturated/α-hetero) is 1. The largest absolute Gasteiger partial charge is 0.445 e. The van der Waals surface area contributed by atoms with Gasteiger partial charge >= 0.3 is 6.09 Å². The summed E-state index contributed by atoms with van der Waals surface area (Å²) in [5.74, 6) is -0.826. The molecule has 0 aliphatic heterocycles. The summed E-state index contributed by atoms with van der Waals surface area (Å²) in [6.45, 7) is 2.08. The maximum Gasteiger partial charge on any atom is 0.410 e. The van der Waals surface area contributed by atoms with Gasteiger partial charge in [-0.15, -0.1) is 0 Å². The molecular weight excluding hydrogens is 390 g/mol. The second-order valence-electron chi connectivity index (χ2n) is 7.49. The van der Waals surface area contributed by atoms with Crippen LogP contribution >= 0.6 is 0 Å². The number of aliphatic hydroxyl groups excluding tert-OH is 1. The average molecular weight is 418 g/mol. The van der Waals surface area contributed by atoms with Gasteiger partial charge in [0.1, 0.15) is 6.61 Å². The SMILES string of the molecule is CC(C(=O)c1ccccc1)C(O)CN(Cc1ccccc1)C(=O)OCc1ccccc1. The second kappa shape index (κ2) is 11.1. The molecule has 160 valence electrons. The van der Waals surface area contributed by atoms with Crippen molar-refractivity contribution in [1.29, 1.82) is 0 Å². The number of hydrogen-bond donors (Lipinski definition) is 1. The van der Waals surface area contributed by atoms with Crippen molar-refractivity contribution in [2.45, 2.75) is 26.2 Å². The standard InChI is InChI=1S/C26H27NO4/c1-20(25(29)23-15-9-4-10-16-23)24(28)18-27(17-21-11-5-2-6-12-21)26(30)31-19-22-13-7-3-8-14-22/h2-16,20,24,28H,17-19H2,1H3. The van der Waals surface area contributed by atoms with Gasteiger partial charge in [-0.3, -0.25) is 4.79 Å². The zero-order valence-corrected chi connectivity index (χ0v) is 17.6. The van der Waals surface area contributed by atoms with E-state index in [1.165, 1.54) is 4.90 Å². The molecule has 0 bridgehead atoms. The van der Waals surface area contributed by atoms with Crippen LogP contribution in [0.15, 0.2) is 91.0 Å². The molecule has 31 heavy (non-hydrogen) atoms. The van der Waals surface area contributed by atoms with Crippen LogP contribution in [-0.2, 0) is 17.9 Å². The number of carbonyl (C=O) groups excluding carboxylic acids is 2. The van der Waals surface area contributed by atoms with Gasteiger partial charge in [0.25, 0.3) is 0 Å².